The summed E-state index contributed by atoms with van der Waals surface area (Å²) in [6.07, 6.45) is 4.04. The summed E-state index contributed by atoms with van der Waals surface area (Å²) in [4.78, 5) is 20.5. The second-order valence-electron chi connectivity index (χ2n) is 7.26. The van der Waals surface area contributed by atoms with Gasteiger partial charge in [-0.15, -0.1) is 0 Å². The van der Waals surface area contributed by atoms with Gasteiger partial charge in [-0.25, -0.2) is 9.37 Å². The van der Waals surface area contributed by atoms with Gasteiger partial charge >= 0.3 is 5.97 Å². The van der Waals surface area contributed by atoms with Gasteiger partial charge in [-0.3, -0.25) is 4.79 Å². The van der Waals surface area contributed by atoms with Gasteiger partial charge in [0.15, 0.2) is 11.6 Å². The maximum atomic E-state index is 15.2. The van der Waals surface area contributed by atoms with Crippen LogP contribution in [0.5, 0.6) is 0 Å². The summed E-state index contributed by atoms with van der Waals surface area (Å²) in [5.74, 6) is -0.515. The van der Waals surface area contributed by atoms with Crippen molar-refractivity contribution in [3.8, 4) is 11.3 Å². The molecule has 0 amide bonds. The Morgan fingerprint density at radius 1 is 1.15 bits per heavy atom. The van der Waals surface area contributed by atoms with Crippen LogP contribution in [0, 0.1) is 23.6 Å². The average molecular weight is 390 g/mol. The van der Waals surface area contributed by atoms with Crippen LogP contribution in [0.25, 0.3) is 11.3 Å². The van der Waals surface area contributed by atoms with Gasteiger partial charge in [-0.1, -0.05) is 30.3 Å². The van der Waals surface area contributed by atoms with Gasteiger partial charge in [-0.05, 0) is 49.1 Å². The highest BCUT2D eigenvalue weighted by Crippen LogP contribution is 2.47. The first-order valence-electron chi connectivity index (χ1n) is 9.21. The second-order valence-corrected chi connectivity index (χ2v) is 7.60. The number of anilines is 1. The summed E-state index contributed by atoms with van der Waals surface area (Å²) in [5, 5.41) is 3.15. The van der Waals surface area contributed by atoms with Crippen molar-refractivity contribution in [1.82, 2.24) is 9.97 Å². The van der Waals surface area contributed by atoms with E-state index >= 15 is 4.39 Å². The highest BCUT2D eigenvalue weighted by Gasteiger charge is 2.48. The molecule has 0 saturated heterocycles. The van der Waals surface area contributed by atoms with Crippen LogP contribution in [-0.2, 0) is 9.53 Å². The maximum Gasteiger partial charge on any atom is 0.311 e. The Morgan fingerprint density at radius 3 is 2.48 bits per heavy atom. The topological polar surface area (TPSA) is 64.1 Å². The average Bonchev–Trinajstić information content (AvgIpc) is 2.71. The van der Waals surface area contributed by atoms with Crippen molar-refractivity contribution in [2.75, 3.05) is 12.4 Å². The lowest BCUT2D eigenvalue weighted by molar-refractivity contribution is -0.152. The summed E-state index contributed by atoms with van der Waals surface area (Å²) in [5.41, 5.74) is 0.769. The van der Waals surface area contributed by atoms with E-state index in [4.69, 9.17) is 16.3 Å². The van der Waals surface area contributed by atoms with Gasteiger partial charge in [0.1, 0.15) is 5.69 Å². The van der Waals surface area contributed by atoms with Gasteiger partial charge < -0.3 is 10.1 Å². The monoisotopic (exact) mass is 389 g/mol. The van der Waals surface area contributed by atoms with Crippen molar-refractivity contribution in [1.29, 1.82) is 0 Å². The van der Waals surface area contributed by atoms with E-state index in [1.807, 2.05) is 18.2 Å². The largest absolute Gasteiger partial charge is 0.469 e. The van der Waals surface area contributed by atoms with Crippen LogP contribution < -0.4 is 5.32 Å². The fourth-order valence-electron chi connectivity index (χ4n) is 4.59. The van der Waals surface area contributed by atoms with Gasteiger partial charge in [0.25, 0.3) is 0 Å². The third-order valence-electron chi connectivity index (χ3n) is 5.87. The molecule has 5 rings (SSSR count). The fourth-order valence-corrected chi connectivity index (χ4v) is 4.76. The molecule has 7 heteroatoms. The lowest BCUT2D eigenvalue weighted by atomic mass is 9.61. The number of esters is 1. The third kappa shape index (κ3) is 3.38. The van der Waals surface area contributed by atoms with Crippen LogP contribution in [0.3, 0.4) is 0 Å². The Bertz CT molecular complexity index is 841. The van der Waals surface area contributed by atoms with Crippen LogP contribution in [0.15, 0.2) is 30.3 Å². The summed E-state index contributed by atoms with van der Waals surface area (Å²) in [6.45, 7) is 0. The number of rotatable bonds is 4. The van der Waals surface area contributed by atoms with Crippen LogP contribution in [0.2, 0.25) is 5.28 Å². The first kappa shape index (κ1) is 18.2. The normalized spacial score (nSPS) is 26.6. The minimum atomic E-state index is -0.560. The molecular weight excluding hydrogens is 369 g/mol. The second kappa shape index (κ2) is 7.43. The number of carbonyl (C=O) groups is 1. The number of halogens is 2. The zero-order valence-corrected chi connectivity index (χ0v) is 15.7. The third-order valence-corrected chi connectivity index (χ3v) is 6.04. The molecule has 27 heavy (non-hydrogen) atoms. The first-order valence-corrected chi connectivity index (χ1v) is 9.59. The van der Waals surface area contributed by atoms with Crippen LogP contribution in [-0.4, -0.2) is 29.1 Å². The molecule has 2 unspecified atom stereocenters. The number of benzene rings is 1. The Balaban J connectivity index is 1.69. The highest BCUT2D eigenvalue weighted by atomic mass is 35.5. The van der Waals surface area contributed by atoms with E-state index in [-0.39, 0.29) is 46.6 Å². The van der Waals surface area contributed by atoms with Crippen molar-refractivity contribution in [3.63, 3.8) is 0 Å². The Morgan fingerprint density at radius 2 is 1.81 bits per heavy atom. The summed E-state index contributed by atoms with van der Waals surface area (Å²) >= 11 is 6.07. The molecule has 5 nitrogen and oxygen atoms in total. The van der Waals surface area contributed by atoms with Crippen LogP contribution in [0.4, 0.5) is 10.2 Å². The van der Waals surface area contributed by atoms with E-state index in [0.29, 0.717) is 5.56 Å². The molecule has 0 spiro atoms. The van der Waals surface area contributed by atoms with Crippen molar-refractivity contribution in [2.24, 2.45) is 17.8 Å². The first-order chi connectivity index (χ1) is 13.1. The Hall–Kier alpha value is -2.21. The molecule has 1 N–H and O–H groups in total. The van der Waals surface area contributed by atoms with Gasteiger partial charge in [-0.2, -0.15) is 4.98 Å². The number of aromatic nitrogens is 2. The molecule has 3 fully saturated rings. The highest BCUT2D eigenvalue weighted by molar-refractivity contribution is 6.28. The molecule has 2 aromatic rings. The van der Waals surface area contributed by atoms with E-state index in [1.165, 1.54) is 7.11 Å². The number of carbonyl (C=O) groups excluding carboxylic acids is 1. The summed E-state index contributed by atoms with van der Waals surface area (Å²) in [6, 6.07) is 8.80. The van der Waals surface area contributed by atoms with Gasteiger partial charge in [0, 0.05) is 11.6 Å². The minimum Gasteiger partial charge on any atom is -0.469 e. The number of ether oxygens (including phenoxy) is 1. The van der Waals surface area contributed by atoms with Crippen molar-refractivity contribution >= 4 is 23.4 Å². The van der Waals surface area contributed by atoms with Gasteiger partial charge in [0.05, 0.1) is 13.0 Å². The molecule has 1 heterocycles. The van der Waals surface area contributed by atoms with E-state index < -0.39 is 5.82 Å². The summed E-state index contributed by atoms with van der Waals surface area (Å²) in [7, 11) is 1.40. The lowest BCUT2D eigenvalue weighted by Crippen LogP contribution is -2.52. The predicted molar refractivity (Wildman–Crippen MR) is 101 cm³/mol. The zero-order chi connectivity index (χ0) is 19.0. The smallest absolute Gasteiger partial charge is 0.311 e. The Kier molecular flexibility index (Phi) is 5.00. The molecule has 1 aromatic carbocycles. The minimum absolute atomic E-state index is 0.0339. The predicted octanol–water partition coefficient (Wildman–Crippen LogP) is 4.33. The molecule has 0 radical (unpaired) electrons. The molecular formula is C20H21ClFN3O2. The zero-order valence-electron chi connectivity index (χ0n) is 15.0. The van der Waals surface area contributed by atoms with Crippen LogP contribution in [0.1, 0.15) is 25.7 Å². The van der Waals surface area contributed by atoms with Gasteiger partial charge in [0.2, 0.25) is 5.28 Å². The summed E-state index contributed by atoms with van der Waals surface area (Å²) < 4.78 is 20.2. The molecule has 0 aliphatic heterocycles. The fraction of sp³-hybridized carbons (Fsp3) is 0.450. The van der Waals surface area contributed by atoms with Crippen molar-refractivity contribution < 1.29 is 13.9 Å². The molecule has 142 valence electrons. The lowest BCUT2D eigenvalue weighted by Gasteiger charge is -2.47. The van der Waals surface area contributed by atoms with E-state index in [2.05, 4.69) is 15.3 Å². The van der Waals surface area contributed by atoms with Crippen molar-refractivity contribution in [2.45, 2.75) is 31.7 Å². The van der Waals surface area contributed by atoms with E-state index in [0.717, 1.165) is 25.7 Å². The molecule has 2 bridgehead atoms. The van der Waals surface area contributed by atoms with E-state index in [1.54, 1.807) is 12.1 Å². The van der Waals surface area contributed by atoms with Crippen molar-refractivity contribution in [3.05, 3.63) is 41.4 Å². The number of nitrogens with zero attached hydrogens (tertiary/aromatic N) is 2. The molecule has 3 aliphatic rings. The maximum absolute atomic E-state index is 15.2. The number of hydrogen-bond acceptors (Lipinski definition) is 5. The number of hydrogen-bond donors (Lipinski definition) is 1. The van der Waals surface area contributed by atoms with Crippen LogP contribution >= 0.6 is 11.6 Å². The number of methoxy groups -OCH3 is 1. The quantitative estimate of drug-likeness (QED) is 0.623. The molecule has 3 aliphatic carbocycles. The molecule has 3 saturated carbocycles. The SMILES string of the molecule is COC(=O)C1C2CCC(CC2)C1Nc1nc(Cl)nc(-c2ccccc2)c1F. The Labute approximate surface area is 162 Å². The van der Waals surface area contributed by atoms with E-state index in [9.17, 15) is 4.79 Å². The standard InChI is InChI=1S/C20H21ClFN3O2/c1-27-19(26)14-11-7-9-13(10-8-11)16(14)23-18-15(22)17(24-20(21)25-18)12-5-3-2-4-6-12/h2-6,11,13-14,16H,7-10H2,1H3,(H,23,24,25). The number of nitrogens with one attached hydrogen (secondary N) is 1. The number of fused-ring (bicyclic) bond motifs is 3. The molecule has 1 aromatic heterocycles. The molecule has 2 atom stereocenters.